The van der Waals surface area contributed by atoms with E-state index in [9.17, 15) is 50.8 Å². The highest BCUT2D eigenvalue weighted by Gasteiger charge is 2.59. The van der Waals surface area contributed by atoms with Gasteiger partial charge < -0.3 is 74.4 Å². The molecule has 16 nitrogen and oxygen atoms in total. The Morgan fingerprint density at radius 2 is 1.29 bits per heavy atom. The topological polar surface area (TPSA) is 255 Å². The van der Waals surface area contributed by atoms with E-state index >= 15 is 0 Å². The van der Waals surface area contributed by atoms with Crippen molar-refractivity contribution < 1.29 is 79.2 Å². The quantitative estimate of drug-likeness (QED) is 0.126. The van der Waals surface area contributed by atoms with Gasteiger partial charge in [0.05, 0.1) is 25.4 Å². The van der Waals surface area contributed by atoms with Gasteiger partial charge in [-0.3, -0.25) is 4.79 Å². The lowest BCUT2D eigenvalue weighted by molar-refractivity contribution is -0.394. The molecule has 4 aliphatic carbocycles. The Bertz CT molecular complexity index is 1460. The fourth-order valence-electron chi connectivity index (χ4n) is 11.1. The van der Waals surface area contributed by atoms with Gasteiger partial charge in [0.2, 0.25) is 0 Å². The third-order valence-corrected chi connectivity index (χ3v) is 14.4. The van der Waals surface area contributed by atoms with Crippen LogP contribution in [0.25, 0.3) is 0 Å². The highest BCUT2D eigenvalue weighted by molar-refractivity contribution is 5.95. The Labute approximate surface area is 320 Å². The van der Waals surface area contributed by atoms with Crippen LogP contribution >= 0.6 is 0 Å². The van der Waals surface area contributed by atoms with E-state index in [1.54, 1.807) is 6.92 Å². The second-order valence-electron chi connectivity index (χ2n) is 17.4. The van der Waals surface area contributed by atoms with Crippen molar-refractivity contribution in [2.24, 2.45) is 28.6 Å². The van der Waals surface area contributed by atoms with Crippen molar-refractivity contribution in [1.29, 1.82) is 0 Å². The minimum atomic E-state index is -1.85. The summed E-state index contributed by atoms with van der Waals surface area (Å²) >= 11 is 0. The number of Topliss-reactive ketones (excluding diaryl/α,β-unsaturated/α-hetero) is 1. The molecule has 2 saturated carbocycles. The molecule has 3 aliphatic heterocycles. The molecule has 3 saturated heterocycles. The van der Waals surface area contributed by atoms with Gasteiger partial charge in [0.1, 0.15) is 67.1 Å². The van der Waals surface area contributed by atoms with Crippen LogP contribution in [0, 0.1) is 28.6 Å². The molecule has 0 amide bonds. The fraction of sp³-hybridized carbons (Fsp3) is 0.872. The number of hydrogen-bond donors (Lipinski definition) is 9. The number of fused-ring (bicyclic) bond motifs is 5. The molecule has 9 N–H and O–H groups in total. The number of carbonyl (C=O) groups is 1. The number of ketones is 1. The lowest BCUT2D eigenvalue weighted by atomic mass is 9.47. The first kappa shape index (κ1) is 41.7. The Morgan fingerprint density at radius 1 is 0.691 bits per heavy atom. The number of hydrogen-bond acceptors (Lipinski definition) is 16. The number of rotatable bonds is 9. The largest absolute Gasteiger partial charge is 0.394 e. The van der Waals surface area contributed by atoms with E-state index in [2.05, 4.69) is 26.0 Å². The van der Waals surface area contributed by atoms with Crippen LogP contribution in [0.15, 0.2) is 23.3 Å². The number of aliphatic hydroxyl groups excluding tert-OH is 9. The summed E-state index contributed by atoms with van der Waals surface area (Å²) in [5.74, 6) is 1.45. The summed E-state index contributed by atoms with van der Waals surface area (Å²) in [5.41, 5.74) is 2.05. The highest BCUT2D eigenvalue weighted by atomic mass is 16.8. The first-order chi connectivity index (χ1) is 26.0. The SMILES string of the molecule is CC(=O)C1=CC[C@H]2[C@@H]3CC=C4C[C@@H](O[C@@H]5O[C@H](CO)[C@H](O)[C@H](O[C@@H]6O[C@H](CO)[C@@H](O)[C@H](O)[C@H]6O)[C@H]5O[C@@H]5O[C@@H](C)[C@H](O)[C@@H](O)[C@H]5O)CC[C@]4(C)[C@H]3CC[C@]12C. The van der Waals surface area contributed by atoms with Crippen molar-refractivity contribution in [1.82, 2.24) is 0 Å². The standard InChI is InChI=1S/C39H60O16/c1-16(42)21-7-8-22-20-6-5-18-13-19(9-11-38(18,3)23(20)10-12-39(21,22)4)51-37-34(55-35-31(48)29(46)26(43)17(2)50-35)33(28(45)25(15-41)53-37)54-36-32(49)30(47)27(44)24(14-40)52-36/h5,7,17,19-20,22-37,40-41,43-49H,6,8-15H2,1-4H3/t17-,19-,20-,22-,23-,24+,25+,26-,27+,28-,29+,30-,31+,32+,33-,34+,35-,36-,37+,38-,39+/m0/s1. The molecule has 7 rings (SSSR count). The van der Waals surface area contributed by atoms with Gasteiger partial charge in [-0.1, -0.05) is 31.6 Å². The number of carbonyl (C=O) groups excluding carboxylic acids is 1. The van der Waals surface area contributed by atoms with Crippen molar-refractivity contribution >= 4 is 5.78 Å². The lowest BCUT2D eigenvalue weighted by Gasteiger charge is -2.58. The third-order valence-electron chi connectivity index (χ3n) is 14.4. The van der Waals surface area contributed by atoms with Gasteiger partial charge in [-0.15, -0.1) is 0 Å². The van der Waals surface area contributed by atoms with Crippen LogP contribution in [0.4, 0.5) is 0 Å². The summed E-state index contributed by atoms with van der Waals surface area (Å²) in [6, 6.07) is 0. The molecule has 55 heavy (non-hydrogen) atoms. The predicted molar refractivity (Wildman–Crippen MR) is 188 cm³/mol. The molecule has 0 radical (unpaired) electrons. The maximum absolute atomic E-state index is 12.6. The smallest absolute Gasteiger partial charge is 0.187 e. The van der Waals surface area contributed by atoms with E-state index in [-0.39, 0.29) is 16.6 Å². The molecule has 21 atom stereocenters. The molecule has 3 heterocycles. The Morgan fingerprint density at radius 3 is 1.96 bits per heavy atom. The molecule has 7 aliphatic rings. The summed E-state index contributed by atoms with van der Waals surface area (Å²) < 4.78 is 36.3. The monoisotopic (exact) mass is 784 g/mol. The van der Waals surface area contributed by atoms with E-state index < -0.39 is 111 Å². The number of allylic oxidation sites excluding steroid dienone is 3. The van der Waals surface area contributed by atoms with Gasteiger partial charge in [0.25, 0.3) is 0 Å². The second kappa shape index (κ2) is 16.0. The first-order valence-electron chi connectivity index (χ1n) is 19.9. The third kappa shape index (κ3) is 7.20. The van der Waals surface area contributed by atoms with Crippen molar-refractivity contribution in [2.75, 3.05) is 13.2 Å². The molecule has 0 spiro atoms. The minimum absolute atomic E-state index is 0.0852. The van der Waals surface area contributed by atoms with Gasteiger partial charge >= 0.3 is 0 Å². The van der Waals surface area contributed by atoms with E-state index in [0.717, 1.165) is 37.7 Å². The average molecular weight is 785 g/mol. The molecule has 0 aromatic rings. The molecule has 0 unspecified atom stereocenters. The van der Waals surface area contributed by atoms with Crippen molar-refractivity contribution in [2.45, 2.75) is 171 Å². The highest BCUT2D eigenvalue weighted by Crippen LogP contribution is 2.65. The molecule has 0 aromatic carbocycles. The van der Waals surface area contributed by atoms with Crippen molar-refractivity contribution in [3.05, 3.63) is 23.3 Å². The summed E-state index contributed by atoms with van der Waals surface area (Å²) in [6.45, 7) is 6.31. The molecule has 16 heteroatoms. The Kier molecular flexibility index (Phi) is 12.1. The van der Waals surface area contributed by atoms with E-state index in [4.69, 9.17) is 28.4 Å². The van der Waals surface area contributed by atoms with Crippen LogP contribution < -0.4 is 0 Å². The molecule has 5 fully saturated rings. The summed E-state index contributed by atoms with van der Waals surface area (Å²) in [4.78, 5) is 12.6. The van der Waals surface area contributed by atoms with Crippen LogP contribution in [0.1, 0.15) is 72.6 Å². The van der Waals surface area contributed by atoms with Crippen LogP contribution in [0.2, 0.25) is 0 Å². The summed E-state index contributed by atoms with van der Waals surface area (Å²) in [6.07, 6.45) is -13.4. The molecule has 0 bridgehead atoms. The van der Waals surface area contributed by atoms with Gasteiger partial charge in [-0.05, 0) is 93.0 Å². The first-order valence-corrected chi connectivity index (χ1v) is 19.9. The van der Waals surface area contributed by atoms with E-state index in [1.807, 2.05) is 0 Å². The molecular formula is C39H60O16. The normalized spacial score (nSPS) is 52.7. The van der Waals surface area contributed by atoms with Crippen LogP contribution in [-0.4, -0.2) is 163 Å². The zero-order chi connectivity index (χ0) is 39.7. The van der Waals surface area contributed by atoms with E-state index in [0.29, 0.717) is 30.6 Å². The second-order valence-corrected chi connectivity index (χ2v) is 17.4. The van der Waals surface area contributed by atoms with Crippen LogP contribution in [0.5, 0.6) is 0 Å². The molecular weight excluding hydrogens is 724 g/mol. The fourth-order valence-corrected chi connectivity index (χ4v) is 11.1. The van der Waals surface area contributed by atoms with Gasteiger partial charge in [0, 0.05) is 0 Å². The minimum Gasteiger partial charge on any atom is -0.394 e. The zero-order valence-corrected chi connectivity index (χ0v) is 31.9. The van der Waals surface area contributed by atoms with Gasteiger partial charge in [0.15, 0.2) is 24.7 Å². The van der Waals surface area contributed by atoms with Crippen LogP contribution in [0.3, 0.4) is 0 Å². The Balaban J connectivity index is 1.14. The summed E-state index contributed by atoms with van der Waals surface area (Å²) in [5, 5.41) is 95.0. The maximum Gasteiger partial charge on any atom is 0.187 e. The predicted octanol–water partition coefficient (Wildman–Crippen LogP) is -1.06. The van der Waals surface area contributed by atoms with Gasteiger partial charge in [-0.25, -0.2) is 0 Å². The van der Waals surface area contributed by atoms with Crippen molar-refractivity contribution in [3.8, 4) is 0 Å². The zero-order valence-electron chi connectivity index (χ0n) is 31.9. The van der Waals surface area contributed by atoms with E-state index in [1.165, 1.54) is 12.5 Å². The average Bonchev–Trinajstić information content (AvgIpc) is 3.52. The maximum atomic E-state index is 12.6. The molecule has 312 valence electrons. The number of aliphatic hydroxyl groups is 9. The van der Waals surface area contributed by atoms with Crippen molar-refractivity contribution in [3.63, 3.8) is 0 Å². The lowest BCUT2D eigenvalue weighted by Crippen LogP contribution is -2.67. The Hall–Kier alpha value is -1.45. The molecule has 0 aromatic heterocycles. The van der Waals surface area contributed by atoms with Gasteiger partial charge in [-0.2, -0.15) is 0 Å². The summed E-state index contributed by atoms with van der Waals surface area (Å²) in [7, 11) is 0. The van der Waals surface area contributed by atoms with Crippen LogP contribution in [-0.2, 0) is 33.2 Å². The number of ether oxygens (including phenoxy) is 6.